The van der Waals surface area contributed by atoms with E-state index in [1.54, 1.807) is 11.3 Å². The fourth-order valence-electron chi connectivity index (χ4n) is 1.58. The fourth-order valence-corrected chi connectivity index (χ4v) is 2.35. The van der Waals surface area contributed by atoms with E-state index in [4.69, 9.17) is 0 Å². The Hall–Kier alpha value is -0.410. The highest BCUT2D eigenvalue weighted by atomic mass is 32.1. The van der Waals surface area contributed by atoms with Crippen molar-refractivity contribution < 1.29 is 0 Å². The Labute approximate surface area is 83.4 Å². The van der Waals surface area contributed by atoms with Gasteiger partial charge in [-0.1, -0.05) is 6.42 Å². The molecule has 72 valence electrons. The molecular weight excluding hydrogens is 180 g/mol. The van der Waals surface area contributed by atoms with E-state index in [2.05, 4.69) is 17.2 Å². The van der Waals surface area contributed by atoms with Gasteiger partial charge in [0, 0.05) is 17.6 Å². The summed E-state index contributed by atoms with van der Waals surface area (Å²) in [5.41, 5.74) is 0. The van der Waals surface area contributed by atoms with Crippen LogP contribution in [0.3, 0.4) is 0 Å². The molecule has 3 heteroatoms. The maximum atomic E-state index is 4.23. The van der Waals surface area contributed by atoms with Crippen molar-refractivity contribution in [2.75, 3.05) is 6.54 Å². The molecule has 1 heterocycles. The van der Waals surface area contributed by atoms with E-state index in [0.29, 0.717) is 0 Å². The zero-order valence-electron chi connectivity index (χ0n) is 8.05. The highest BCUT2D eigenvalue weighted by Crippen LogP contribution is 2.25. The minimum atomic E-state index is 0.953. The molecule has 2 rings (SSSR count). The second kappa shape index (κ2) is 4.20. The van der Waals surface area contributed by atoms with Crippen LogP contribution in [0.4, 0.5) is 0 Å². The second-order valence-corrected chi connectivity index (χ2v) is 5.09. The van der Waals surface area contributed by atoms with Crippen molar-refractivity contribution in [2.45, 2.75) is 32.7 Å². The van der Waals surface area contributed by atoms with Crippen LogP contribution < -0.4 is 5.32 Å². The lowest BCUT2D eigenvalue weighted by Gasteiger charge is -2.25. The van der Waals surface area contributed by atoms with Crippen molar-refractivity contribution in [3.05, 3.63) is 16.1 Å². The zero-order chi connectivity index (χ0) is 9.10. The molecule has 0 atom stereocenters. The summed E-state index contributed by atoms with van der Waals surface area (Å²) in [4.78, 5) is 5.59. The summed E-state index contributed by atoms with van der Waals surface area (Å²) in [7, 11) is 0. The van der Waals surface area contributed by atoms with Crippen molar-refractivity contribution in [3.63, 3.8) is 0 Å². The first-order valence-electron chi connectivity index (χ1n) is 4.96. The molecular formula is C10H16N2S. The molecule has 1 aromatic rings. The Morgan fingerprint density at radius 2 is 2.46 bits per heavy atom. The third-order valence-corrected chi connectivity index (χ3v) is 3.54. The molecule has 1 aromatic heterocycles. The Morgan fingerprint density at radius 1 is 1.62 bits per heavy atom. The number of nitrogens with zero attached hydrogens (tertiary/aromatic N) is 1. The number of aromatic nitrogens is 1. The number of thiazole rings is 1. The number of rotatable bonds is 4. The Kier molecular flexibility index (Phi) is 2.96. The minimum absolute atomic E-state index is 0.953. The van der Waals surface area contributed by atoms with Gasteiger partial charge in [-0.05, 0) is 32.2 Å². The van der Waals surface area contributed by atoms with E-state index in [1.807, 2.05) is 6.20 Å². The normalized spacial score (nSPS) is 17.3. The van der Waals surface area contributed by atoms with Crippen LogP contribution in [0.2, 0.25) is 0 Å². The van der Waals surface area contributed by atoms with E-state index in [-0.39, 0.29) is 0 Å². The molecule has 13 heavy (non-hydrogen) atoms. The molecule has 1 N–H and O–H groups in total. The quantitative estimate of drug-likeness (QED) is 0.799. The first-order valence-corrected chi connectivity index (χ1v) is 5.78. The van der Waals surface area contributed by atoms with Crippen LogP contribution in [0.25, 0.3) is 0 Å². The lowest BCUT2D eigenvalue weighted by molar-refractivity contribution is 0.301. The van der Waals surface area contributed by atoms with Crippen LogP contribution in [-0.4, -0.2) is 11.5 Å². The predicted octanol–water partition coefficient (Wildman–Crippen LogP) is 2.34. The summed E-state index contributed by atoms with van der Waals surface area (Å²) < 4.78 is 0. The third-order valence-electron chi connectivity index (χ3n) is 2.63. The van der Waals surface area contributed by atoms with Gasteiger partial charge >= 0.3 is 0 Å². The average molecular weight is 196 g/mol. The molecule has 0 saturated heterocycles. The molecule has 0 unspecified atom stereocenters. The molecule has 0 radical (unpaired) electrons. The van der Waals surface area contributed by atoms with E-state index in [1.165, 1.54) is 35.7 Å². The fraction of sp³-hybridized carbons (Fsp3) is 0.700. The van der Waals surface area contributed by atoms with E-state index in [9.17, 15) is 0 Å². The smallest absolute Gasteiger partial charge is 0.0897 e. The number of hydrogen-bond acceptors (Lipinski definition) is 3. The highest BCUT2D eigenvalue weighted by molar-refractivity contribution is 7.11. The van der Waals surface area contributed by atoms with Crippen molar-refractivity contribution in [2.24, 2.45) is 5.92 Å². The first-order chi connectivity index (χ1) is 6.34. The van der Waals surface area contributed by atoms with Crippen molar-refractivity contribution in [1.29, 1.82) is 0 Å². The van der Waals surface area contributed by atoms with E-state index >= 15 is 0 Å². The van der Waals surface area contributed by atoms with Gasteiger partial charge in [0.15, 0.2) is 0 Å². The summed E-state index contributed by atoms with van der Waals surface area (Å²) >= 11 is 1.79. The summed E-state index contributed by atoms with van der Waals surface area (Å²) in [6.07, 6.45) is 6.27. The third kappa shape index (κ3) is 2.51. The topological polar surface area (TPSA) is 24.9 Å². The van der Waals surface area contributed by atoms with E-state index < -0.39 is 0 Å². The van der Waals surface area contributed by atoms with Crippen molar-refractivity contribution >= 4 is 11.3 Å². The summed E-state index contributed by atoms with van der Waals surface area (Å²) in [6, 6.07) is 0. The van der Waals surface area contributed by atoms with Crippen LogP contribution >= 0.6 is 11.3 Å². The van der Waals surface area contributed by atoms with E-state index in [0.717, 1.165) is 12.5 Å². The standard InChI is InChI=1S/C10H16N2S/c1-8-12-7-10(13-8)6-11-5-9-3-2-4-9/h7,9,11H,2-6H2,1H3. The highest BCUT2D eigenvalue weighted by Gasteiger charge is 2.16. The summed E-state index contributed by atoms with van der Waals surface area (Å²) in [5.74, 6) is 0.953. The minimum Gasteiger partial charge on any atom is -0.312 e. The van der Waals surface area contributed by atoms with Gasteiger partial charge in [0.2, 0.25) is 0 Å². The van der Waals surface area contributed by atoms with Crippen LogP contribution in [0.1, 0.15) is 29.1 Å². The molecule has 1 aliphatic carbocycles. The Balaban J connectivity index is 1.67. The van der Waals surface area contributed by atoms with Crippen LogP contribution in [-0.2, 0) is 6.54 Å². The second-order valence-electron chi connectivity index (χ2n) is 3.77. The zero-order valence-corrected chi connectivity index (χ0v) is 8.86. The molecule has 1 fully saturated rings. The first kappa shape index (κ1) is 9.16. The van der Waals surface area contributed by atoms with Crippen LogP contribution in [0, 0.1) is 12.8 Å². The van der Waals surface area contributed by atoms with Gasteiger partial charge in [-0.2, -0.15) is 0 Å². The molecule has 0 aliphatic heterocycles. The Morgan fingerprint density at radius 3 is 3.00 bits per heavy atom. The lowest BCUT2D eigenvalue weighted by atomic mass is 9.85. The van der Waals surface area contributed by atoms with Gasteiger partial charge in [0.25, 0.3) is 0 Å². The molecule has 0 bridgehead atoms. The molecule has 0 amide bonds. The SMILES string of the molecule is Cc1ncc(CNCC2CCC2)s1. The van der Waals surface area contributed by atoms with Gasteiger partial charge in [-0.15, -0.1) is 11.3 Å². The number of hydrogen-bond donors (Lipinski definition) is 1. The summed E-state index contributed by atoms with van der Waals surface area (Å²) in [5, 5.41) is 4.65. The summed E-state index contributed by atoms with van der Waals surface area (Å²) in [6.45, 7) is 4.25. The molecule has 0 aromatic carbocycles. The van der Waals surface area contributed by atoms with Crippen LogP contribution in [0.15, 0.2) is 6.20 Å². The van der Waals surface area contributed by atoms with Gasteiger partial charge in [-0.25, -0.2) is 4.98 Å². The molecule has 2 nitrogen and oxygen atoms in total. The maximum absolute atomic E-state index is 4.23. The van der Waals surface area contributed by atoms with Crippen LogP contribution in [0.5, 0.6) is 0 Å². The van der Waals surface area contributed by atoms with Gasteiger partial charge in [0.05, 0.1) is 5.01 Å². The van der Waals surface area contributed by atoms with Gasteiger partial charge < -0.3 is 5.32 Å². The number of nitrogens with one attached hydrogen (secondary N) is 1. The Bertz CT molecular complexity index is 266. The maximum Gasteiger partial charge on any atom is 0.0897 e. The molecule has 0 spiro atoms. The lowest BCUT2D eigenvalue weighted by Crippen LogP contribution is -2.26. The molecule has 1 aliphatic rings. The predicted molar refractivity (Wildman–Crippen MR) is 55.9 cm³/mol. The average Bonchev–Trinajstić information content (AvgIpc) is 2.42. The van der Waals surface area contributed by atoms with Gasteiger partial charge in [-0.3, -0.25) is 0 Å². The number of aryl methyl sites for hydroxylation is 1. The van der Waals surface area contributed by atoms with Gasteiger partial charge in [0.1, 0.15) is 0 Å². The van der Waals surface area contributed by atoms with Crippen molar-refractivity contribution in [1.82, 2.24) is 10.3 Å². The largest absolute Gasteiger partial charge is 0.312 e. The monoisotopic (exact) mass is 196 g/mol. The molecule has 1 saturated carbocycles. The van der Waals surface area contributed by atoms with Crippen molar-refractivity contribution in [3.8, 4) is 0 Å².